The molecule has 2 amide bonds. The zero-order valence-electron chi connectivity index (χ0n) is 17.1. The maximum atomic E-state index is 13.8. The molecule has 10 heteroatoms. The molecule has 1 N–H and O–H groups in total. The Morgan fingerprint density at radius 3 is 2.78 bits per heavy atom. The lowest BCUT2D eigenvalue weighted by Crippen LogP contribution is -2.40. The molecule has 1 saturated heterocycles. The molecule has 4 rings (SSSR count). The van der Waals surface area contributed by atoms with Crippen LogP contribution < -0.4 is 5.32 Å². The third-order valence-corrected chi connectivity index (χ3v) is 5.15. The standard InChI is InChI=1S/C22H22F3N5O2/c23-22(24,25)19-12-17(30-10-3-9-27-30)6-7-20(19)28-21(31)29(15-18-5-2-11-32-18)14-16-4-1-8-26-13-16/h1,3-4,6-10,12-13,18H,2,5,11,14-15H2,(H,28,31)/t18-/m1/s1. The highest BCUT2D eigenvalue weighted by Crippen LogP contribution is 2.36. The Morgan fingerprint density at radius 1 is 1.25 bits per heavy atom. The maximum absolute atomic E-state index is 13.8. The molecular weight excluding hydrogens is 423 g/mol. The van der Waals surface area contributed by atoms with Gasteiger partial charge in [-0.3, -0.25) is 4.98 Å². The van der Waals surface area contributed by atoms with Crippen molar-refractivity contribution < 1.29 is 22.7 Å². The molecule has 1 aliphatic heterocycles. The van der Waals surface area contributed by atoms with E-state index in [0.29, 0.717) is 6.61 Å². The Morgan fingerprint density at radius 2 is 2.12 bits per heavy atom. The lowest BCUT2D eigenvalue weighted by molar-refractivity contribution is -0.136. The van der Waals surface area contributed by atoms with Crippen LogP contribution in [0, 0.1) is 0 Å². The summed E-state index contributed by atoms with van der Waals surface area (Å²) < 4.78 is 48.3. The second-order valence-corrected chi connectivity index (χ2v) is 7.49. The number of hydrogen-bond acceptors (Lipinski definition) is 4. The molecule has 2 aromatic heterocycles. The molecule has 168 valence electrons. The van der Waals surface area contributed by atoms with Crippen molar-refractivity contribution in [3.05, 3.63) is 72.3 Å². The number of rotatable bonds is 6. The van der Waals surface area contributed by atoms with Crippen LogP contribution >= 0.6 is 0 Å². The molecule has 0 aliphatic carbocycles. The van der Waals surface area contributed by atoms with Crippen LogP contribution in [-0.2, 0) is 17.5 Å². The number of urea groups is 1. The second-order valence-electron chi connectivity index (χ2n) is 7.49. The van der Waals surface area contributed by atoms with E-state index in [1.165, 1.54) is 27.9 Å². The molecule has 0 spiro atoms. The normalized spacial score (nSPS) is 16.2. The number of carbonyl (C=O) groups is 1. The fourth-order valence-corrected chi connectivity index (χ4v) is 3.60. The SMILES string of the molecule is O=C(Nc1ccc(-n2cccn2)cc1C(F)(F)F)N(Cc1cccnc1)C[C@H]1CCCO1. The molecule has 1 fully saturated rings. The van der Waals surface area contributed by atoms with E-state index in [1.807, 2.05) is 6.07 Å². The largest absolute Gasteiger partial charge is 0.418 e. The second kappa shape index (κ2) is 9.39. The molecule has 3 heterocycles. The Balaban J connectivity index is 1.58. The van der Waals surface area contributed by atoms with Gasteiger partial charge in [-0.2, -0.15) is 18.3 Å². The lowest BCUT2D eigenvalue weighted by Gasteiger charge is -2.26. The van der Waals surface area contributed by atoms with Crippen LogP contribution in [-0.4, -0.2) is 45.0 Å². The van der Waals surface area contributed by atoms with Crippen molar-refractivity contribution in [2.24, 2.45) is 0 Å². The van der Waals surface area contributed by atoms with Crippen LogP contribution in [0.25, 0.3) is 5.69 Å². The minimum Gasteiger partial charge on any atom is -0.376 e. The van der Waals surface area contributed by atoms with Crippen molar-refractivity contribution in [3.63, 3.8) is 0 Å². The van der Waals surface area contributed by atoms with E-state index in [0.717, 1.165) is 24.5 Å². The van der Waals surface area contributed by atoms with E-state index in [2.05, 4.69) is 15.4 Å². The number of nitrogens with one attached hydrogen (secondary N) is 1. The molecule has 0 radical (unpaired) electrons. The van der Waals surface area contributed by atoms with Crippen LogP contribution in [0.3, 0.4) is 0 Å². The van der Waals surface area contributed by atoms with Crippen LogP contribution in [0.2, 0.25) is 0 Å². The average molecular weight is 445 g/mol. The number of anilines is 1. The summed E-state index contributed by atoms with van der Waals surface area (Å²) in [6.45, 7) is 1.08. The number of pyridine rings is 1. The quantitative estimate of drug-likeness (QED) is 0.607. The topological polar surface area (TPSA) is 72.3 Å². The van der Waals surface area contributed by atoms with Crippen LogP contribution in [0.15, 0.2) is 61.2 Å². The van der Waals surface area contributed by atoms with Crippen molar-refractivity contribution >= 4 is 11.7 Å². The molecule has 1 aliphatic rings. The summed E-state index contributed by atoms with van der Waals surface area (Å²) in [6.07, 6.45) is 3.13. The van der Waals surface area contributed by atoms with Crippen molar-refractivity contribution in [1.29, 1.82) is 0 Å². The number of carbonyl (C=O) groups excluding carboxylic acids is 1. The molecule has 3 aromatic rings. The first-order chi connectivity index (χ1) is 15.4. The summed E-state index contributed by atoms with van der Waals surface area (Å²) >= 11 is 0. The summed E-state index contributed by atoms with van der Waals surface area (Å²) in [7, 11) is 0. The highest BCUT2D eigenvalue weighted by Gasteiger charge is 2.35. The number of amides is 2. The summed E-state index contributed by atoms with van der Waals surface area (Å²) in [5.74, 6) is 0. The van der Waals surface area contributed by atoms with Crippen LogP contribution in [0.4, 0.5) is 23.7 Å². The third kappa shape index (κ3) is 5.25. The van der Waals surface area contributed by atoms with E-state index in [-0.39, 0.29) is 30.6 Å². The fraction of sp³-hybridized carbons (Fsp3) is 0.318. The number of halogens is 3. The number of ether oxygens (including phenoxy) is 1. The van der Waals surface area contributed by atoms with Gasteiger partial charge in [0.15, 0.2) is 0 Å². The van der Waals surface area contributed by atoms with Gasteiger partial charge in [0.05, 0.1) is 23.0 Å². The Kier molecular flexibility index (Phi) is 6.40. The maximum Gasteiger partial charge on any atom is 0.418 e. The van der Waals surface area contributed by atoms with E-state index in [4.69, 9.17) is 4.74 Å². The van der Waals surface area contributed by atoms with Crippen molar-refractivity contribution in [2.45, 2.75) is 31.7 Å². The number of hydrogen-bond donors (Lipinski definition) is 1. The van der Waals surface area contributed by atoms with Gasteiger partial charge in [-0.05, 0) is 48.7 Å². The first kappa shape index (κ1) is 21.8. The van der Waals surface area contributed by atoms with E-state index < -0.39 is 17.8 Å². The molecule has 1 atom stereocenters. The van der Waals surface area contributed by atoms with E-state index >= 15 is 0 Å². The van der Waals surface area contributed by atoms with Crippen molar-refractivity contribution in [1.82, 2.24) is 19.7 Å². The van der Waals surface area contributed by atoms with Gasteiger partial charge in [0.2, 0.25) is 0 Å². The van der Waals surface area contributed by atoms with Gasteiger partial charge in [0.25, 0.3) is 0 Å². The minimum atomic E-state index is -4.66. The number of nitrogens with zero attached hydrogens (tertiary/aromatic N) is 4. The molecule has 0 bridgehead atoms. The van der Waals surface area contributed by atoms with Crippen LogP contribution in [0.1, 0.15) is 24.0 Å². The third-order valence-electron chi connectivity index (χ3n) is 5.15. The summed E-state index contributed by atoms with van der Waals surface area (Å²) in [6, 6.07) is 8.21. The average Bonchev–Trinajstić information content (AvgIpc) is 3.48. The van der Waals surface area contributed by atoms with Gasteiger partial charge in [0.1, 0.15) is 0 Å². The smallest absolute Gasteiger partial charge is 0.376 e. The minimum absolute atomic E-state index is 0.151. The van der Waals surface area contributed by atoms with Gasteiger partial charge in [-0.15, -0.1) is 0 Å². The van der Waals surface area contributed by atoms with E-state index in [9.17, 15) is 18.0 Å². The lowest BCUT2D eigenvalue weighted by atomic mass is 10.1. The summed E-state index contributed by atoms with van der Waals surface area (Å²) in [5, 5.41) is 6.41. The zero-order chi connectivity index (χ0) is 22.6. The monoisotopic (exact) mass is 445 g/mol. The Bertz CT molecular complexity index is 1040. The molecule has 7 nitrogen and oxygen atoms in total. The first-order valence-electron chi connectivity index (χ1n) is 10.2. The fourth-order valence-electron chi connectivity index (χ4n) is 3.60. The number of aromatic nitrogens is 3. The summed E-state index contributed by atoms with van der Waals surface area (Å²) in [5.41, 5.74) is -0.253. The predicted molar refractivity (Wildman–Crippen MR) is 111 cm³/mol. The number of benzene rings is 1. The molecular formula is C22H22F3N5O2. The van der Waals surface area contributed by atoms with Gasteiger partial charge in [-0.25, -0.2) is 9.48 Å². The van der Waals surface area contributed by atoms with Gasteiger partial charge >= 0.3 is 12.2 Å². The van der Waals surface area contributed by atoms with Gasteiger partial charge < -0.3 is 15.0 Å². The molecule has 0 saturated carbocycles. The van der Waals surface area contributed by atoms with E-state index in [1.54, 1.807) is 30.7 Å². The van der Waals surface area contributed by atoms with Crippen molar-refractivity contribution in [2.75, 3.05) is 18.5 Å². The number of alkyl halides is 3. The summed E-state index contributed by atoms with van der Waals surface area (Å²) in [4.78, 5) is 18.6. The molecule has 0 unspecified atom stereocenters. The van der Waals surface area contributed by atoms with Crippen LogP contribution in [0.5, 0.6) is 0 Å². The Labute approximate surface area is 182 Å². The zero-order valence-corrected chi connectivity index (χ0v) is 17.1. The highest BCUT2D eigenvalue weighted by atomic mass is 19.4. The van der Waals surface area contributed by atoms with Gasteiger partial charge in [0, 0.05) is 44.5 Å². The highest BCUT2D eigenvalue weighted by molar-refractivity contribution is 5.90. The van der Waals surface area contributed by atoms with Gasteiger partial charge in [-0.1, -0.05) is 6.07 Å². The van der Waals surface area contributed by atoms with Crippen molar-refractivity contribution in [3.8, 4) is 5.69 Å². The Hall–Kier alpha value is -3.40. The first-order valence-corrected chi connectivity index (χ1v) is 10.2. The molecule has 1 aromatic carbocycles. The predicted octanol–water partition coefficient (Wildman–Crippen LogP) is 4.50. The molecule has 32 heavy (non-hydrogen) atoms.